The molecule has 0 unspecified atom stereocenters. The fourth-order valence-electron chi connectivity index (χ4n) is 2.77. The minimum absolute atomic E-state index is 0.776. The highest BCUT2D eigenvalue weighted by Gasteiger charge is 2.04. The summed E-state index contributed by atoms with van der Waals surface area (Å²) < 4.78 is 15.8. The summed E-state index contributed by atoms with van der Waals surface area (Å²) in [5, 5.41) is 3.51. The molecule has 0 aromatic heterocycles. The van der Waals surface area contributed by atoms with Crippen molar-refractivity contribution < 1.29 is 14.2 Å². The average Bonchev–Trinajstić information content (AvgIpc) is 2.67. The van der Waals surface area contributed by atoms with Crippen molar-refractivity contribution in [2.75, 3.05) is 34.4 Å². The molecular weight excluding hydrogens is 314 g/mol. The molecule has 0 atom stereocenters. The Balaban J connectivity index is 1.60. The Morgan fingerprint density at radius 3 is 2.08 bits per heavy atom. The Morgan fingerprint density at radius 1 is 0.680 bits per heavy atom. The van der Waals surface area contributed by atoms with Gasteiger partial charge in [-0.25, -0.2) is 0 Å². The Hall–Kier alpha value is -2.20. The SMILES string of the molecule is COc1ccc(CCCCNCCc2ccc(OC)c(OC)c2)cc1. The zero-order valence-electron chi connectivity index (χ0n) is 15.5. The second-order valence-corrected chi connectivity index (χ2v) is 5.99. The van der Waals surface area contributed by atoms with E-state index in [1.165, 1.54) is 24.0 Å². The van der Waals surface area contributed by atoms with Gasteiger partial charge in [0.05, 0.1) is 21.3 Å². The molecule has 25 heavy (non-hydrogen) atoms. The molecule has 0 aliphatic carbocycles. The van der Waals surface area contributed by atoms with Crippen LogP contribution in [0.4, 0.5) is 0 Å². The third-order valence-electron chi connectivity index (χ3n) is 4.27. The number of benzene rings is 2. The van der Waals surface area contributed by atoms with Gasteiger partial charge in [-0.05, 0) is 74.2 Å². The molecule has 0 radical (unpaired) electrons. The Labute approximate surface area is 151 Å². The number of hydrogen-bond acceptors (Lipinski definition) is 4. The maximum Gasteiger partial charge on any atom is 0.160 e. The summed E-state index contributed by atoms with van der Waals surface area (Å²) in [6.45, 7) is 2.02. The molecule has 0 aliphatic rings. The first-order valence-electron chi connectivity index (χ1n) is 8.81. The second-order valence-electron chi connectivity index (χ2n) is 5.99. The van der Waals surface area contributed by atoms with E-state index in [0.717, 1.165) is 43.2 Å². The Bertz CT molecular complexity index is 626. The molecule has 1 N–H and O–H groups in total. The summed E-state index contributed by atoms with van der Waals surface area (Å²) in [6.07, 6.45) is 4.47. The lowest BCUT2D eigenvalue weighted by Crippen LogP contribution is -2.18. The summed E-state index contributed by atoms with van der Waals surface area (Å²) in [4.78, 5) is 0. The fraction of sp³-hybridized carbons (Fsp3) is 0.429. The van der Waals surface area contributed by atoms with Crippen molar-refractivity contribution in [3.63, 3.8) is 0 Å². The van der Waals surface area contributed by atoms with E-state index in [9.17, 15) is 0 Å². The first-order chi connectivity index (χ1) is 12.3. The van der Waals surface area contributed by atoms with Gasteiger partial charge in [0.1, 0.15) is 5.75 Å². The van der Waals surface area contributed by atoms with Gasteiger partial charge in [-0.2, -0.15) is 0 Å². The number of nitrogens with one attached hydrogen (secondary N) is 1. The summed E-state index contributed by atoms with van der Waals surface area (Å²) >= 11 is 0. The van der Waals surface area contributed by atoms with Crippen LogP contribution in [-0.2, 0) is 12.8 Å². The predicted molar refractivity (Wildman–Crippen MR) is 102 cm³/mol. The van der Waals surface area contributed by atoms with Gasteiger partial charge in [-0.1, -0.05) is 18.2 Å². The van der Waals surface area contributed by atoms with Crippen LogP contribution in [0.25, 0.3) is 0 Å². The molecule has 0 spiro atoms. The number of methoxy groups -OCH3 is 3. The molecule has 2 aromatic carbocycles. The van der Waals surface area contributed by atoms with Crippen LogP contribution in [0.1, 0.15) is 24.0 Å². The Kier molecular flexibility index (Phi) is 8.13. The zero-order chi connectivity index (χ0) is 17.9. The van der Waals surface area contributed by atoms with Gasteiger partial charge in [0.25, 0.3) is 0 Å². The van der Waals surface area contributed by atoms with Crippen molar-refractivity contribution >= 4 is 0 Å². The van der Waals surface area contributed by atoms with Crippen LogP contribution >= 0.6 is 0 Å². The van der Waals surface area contributed by atoms with E-state index >= 15 is 0 Å². The van der Waals surface area contributed by atoms with Crippen molar-refractivity contribution in [3.8, 4) is 17.2 Å². The predicted octanol–water partition coefficient (Wildman–Crippen LogP) is 3.87. The second kappa shape index (κ2) is 10.6. The van der Waals surface area contributed by atoms with Gasteiger partial charge < -0.3 is 19.5 Å². The van der Waals surface area contributed by atoms with Gasteiger partial charge in [-0.3, -0.25) is 0 Å². The lowest BCUT2D eigenvalue weighted by Gasteiger charge is -2.10. The van der Waals surface area contributed by atoms with E-state index in [4.69, 9.17) is 14.2 Å². The van der Waals surface area contributed by atoms with Crippen molar-refractivity contribution in [1.29, 1.82) is 0 Å². The van der Waals surface area contributed by atoms with Gasteiger partial charge in [0.2, 0.25) is 0 Å². The molecule has 0 fully saturated rings. The van der Waals surface area contributed by atoms with E-state index in [1.54, 1.807) is 21.3 Å². The largest absolute Gasteiger partial charge is 0.497 e. The van der Waals surface area contributed by atoms with Gasteiger partial charge in [-0.15, -0.1) is 0 Å². The van der Waals surface area contributed by atoms with Crippen LogP contribution < -0.4 is 19.5 Å². The Morgan fingerprint density at radius 2 is 1.40 bits per heavy atom. The monoisotopic (exact) mass is 343 g/mol. The van der Waals surface area contributed by atoms with E-state index < -0.39 is 0 Å². The molecule has 0 bridgehead atoms. The topological polar surface area (TPSA) is 39.7 Å². The first kappa shape index (κ1) is 19.1. The zero-order valence-corrected chi connectivity index (χ0v) is 15.5. The lowest BCUT2D eigenvalue weighted by atomic mass is 10.1. The number of hydrogen-bond donors (Lipinski definition) is 1. The molecule has 0 aliphatic heterocycles. The summed E-state index contributed by atoms with van der Waals surface area (Å²) in [5.41, 5.74) is 2.62. The molecule has 0 amide bonds. The molecule has 2 rings (SSSR count). The number of aryl methyl sites for hydroxylation is 1. The third-order valence-corrected chi connectivity index (χ3v) is 4.27. The summed E-state index contributed by atoms with van der Waals surface area (Å²) in [6, 6.07) is 14.4. The average molecular weight is 343 g/mol. The number of rotatable bonds is 11. The van der Waals surface area contributed by atoms with Crippen molar-refractivity contribution in [2.45, 2.75) is 25.7 Å². The summed E-state index contributed by atoms with van der Waals surface area (Å²) in [7, 11) is 5.02. The quantitative estimate of drug-likeness (QED) is 0.629. The lowest BCUT2D eigenvalue weighted by molar-refractivity contribution is 0.354. The van der Waals surface area contributed by atoms with Gasteiger partial charge in [0.15, 0.2) is 11.5 Å². The molecule has 0 heterocycles. The van der Waals surface area contributed by atoms with Crippen molar-refractivity contribution in [3.05, 3.63) is 53.6 Å². The molecule has 4 nitrogen and oxygen atoms in total. The van der Waals surface area contributed by atoms with Crippen LogP contribution in [0.15, 0.2) is 42.5 Å². The van der Waals surface area contributed by atoms with E-state index in [1.807, 2.05) is 24.3 Å². The van der Waals surface area contributed by atoms with Crippen LogP contribution in [0.3, 0.4) is 0 Å². The van der Waals surface area contributed by atoms with Crippen LogP contribution in [-0.4, -0.2) is 34.4 Å². The fourth-order valence-corrected chi connectivity index (χ4v) is 2.77. The number of ether oxygens (including phenoxy) is 3. The number of unbranched alkanes of at least 4 members (excludes halogenated alkanes) is 1. The van der Waals surface area contributed by atoms with Crippen molar-refractivity contribution in [1.82, 2.24) is 5.32 Å². The first-order valence-corrected chi connectivity index (χ1v) is 8.81. The van der Waals surface area contributed by atoms with E-state index in [-0.39, 0.29) is 0 Å². The molecule has 0 saturated heterocycles. The van der Waals surface area contributed by atoms with Crippen LogP contribution in [0.5, 0.6) is 17.2 Å². The smallest absolute Gasteiger partial charge is 0.160 e. The molecule has 4 heteroatoms. The van der Waals surface area contributed by atoms with E-state index in [0.29, 0.717) is 0 Å². The molecule has 0 saturated carbocycles. The minimum Gasteiger partial charge on any atom is -0.497 e. The minimum atomic E-state index is 0.776. The highest BCUT2D eigenvalue weighted by molar-refractivity contribution is 5.42. The van der Waals surface area contributed by atoms with Crippen molar-refractivity contribution in [2.24, 2.45) is 0 Å². The van der Waals surface area contributed by atoms with E-state index in [2.05, 4.69) is 23.5 Å². The van der Waals surface area contributed by atoms with Gasteiger partial charge >= 0.3 is 0 Å². The maximum absolute atomic E-state index is 5.34. The molecule has 136 valence electrons. The highest BCUT2D eigenvalue weighted by Crippen LogP contribution is 2.27. The normalized spacial score (nSPS) is 10.5. The molecular formula is C21H29NO3. The molecule has 2 aromatic rings. The maximum atomic E-state index is 5.34. The standard InChI is InChI=1S/C21H29NO3/c1-23-19-10-7-17(8-11-19)6-4-5-14-22-15-13-18-9-12-20(24-2)21(16-18)25-3/h7-12,16,22H,4-6,13-15H2,1-3H3. The highest BCUT2D eigenvalue weighted by atomic mass is 16.5. The van der Waals surface area contributed by atoms with Gasteiger partial charge in [0, 0.05) is 0 Å². The van der Waals surface area contributed by atoms with Crippen LogP contribution in [0, 0.1) is 0 Å². The summed E-state index contributed by atoms with van der Waals surface area (Å²) in [5.74, 6) is 2.48. The van der Waals surface area contributed by atoms with Crippen LogP contribution in [0.2, 0.25) is 0 Å². The third kappa shape index (κ3) is 6.31.